The van der Waals surface area contributed by atoms with E-state index in [9.17, 15) is 0 Å². The zero-order valence-electron chi connectivity index (χ0n) is 11.6. The quantitative estimate of drug-likeness (QED) is 0.913. The predicted octanol–water partition coefficient (Wildman–Crippen LogP) is 3.74. The number of benzene rings is 2. The molecule has 0 fully saturated rings. The monoisotopic (exact) mass is 291 g/mol. The van der Waals surface area contributed by atoms with Crippen molar-refractivity contribution >= 4 is 11.6 Å². The van der Waals surface area contributed by atoms with E-state index in [1.807, 2.05) is 37.3 Å². The van der Waals surface area contributed by atoms with Gasteiger partial charge in [0.2, 0.25) is 0 Å². The molecule has 0 aliphatic rings. The van der Waals surface area contributed by atoms with Crippen molar-refractivity contribution in [2.75, 3.05) is 13.7 Å². The van der Waals surface area contributed by atoms with Crippen molar-refractivity contribution in [2.45, 2.75) is 13.0 Å². The van der Waals surface area contributed by atoms with Crippen molar-refractivity contribution in [3.05, 3.63) is 58.6 Å². The Morgan fingerprint density at radius 1 is 1.20 bits per heavy atom. The van der Waals surface area contributed by atoms with Gasteiger partial charge in [0.25, 0.3) is 0 Å². The fourth-order valence-electron chi connectivity index (χ4n) is 1.98. The minimum atomic E-state index is -0.260. The second kappa shape index (κ2) is 6.64. The van der Waals surface area contributed by atoms with Crippen LogP contribution in [0.25, 0.3) is 0 Å². The first-order valence-corrected chi connectivity index (χ1v) is 6.76. The molecule has 0 bridgehead atoms. The molecule has 1 atom stereocenters. The molecule has 2 N–H and O–H groups in total. The molecule has 0 saturated heterocycles. The molecule has 4 heteroatoms. The van der Waals surface area contributed by atoms with Gasteiger partial charge in [0, 0.05) is 10.6 Å². The molecule has 106 valence electrons. The zero-order chi connectivity index (χ0) is 14.5. The second-order valence-electron chi connectivity index (χ2n) is 4.62. The summed E-state index contributed by atoms with van der Waals surface area (Å²) in [6, 6.07) is 12.9. The Labute approximate surface area is 124 Å². The highest BCUT2D eigenvalue weighted by Crippen LogP contribution is 2.26. The molecule has 2 rings (SSSR count). The molecule has 1 unspecified atom stereocenters. The van der Waals surface area contributed by atoms with Crippen LogP contribution in [0.3, 0.4) is 0 Å². The van der Waals surface area contributed by atoms with Crippen molar-refractivity contribution in [3.63, 3.8) is 0 Å². The van der Waals surface area contributed by atoms with E-state index >= 15 is 0 Å². The Bertz CT molecular complexity index is 586. The van der Waals surface area contributed by atoms with Crippen molar-refractivity contribution in [3.8, 4) is 11.5 Å². The number of rotatable bonds is 5. The van der Waals surface area contributed by atoms with Crippen molar-refractivity contribution in [1.82, 2.24) is 0 Å². The average molecular weight is 292 g/mol. The number of halogens is 1. The van der Waals surface area contributed by atoms with E-state index in [2.05, 4.69) is 0 Å². The molecule has 20 heavy (non-hydrogen) atoms. The fourth-order valence-corrected chi connectivity index (χ4v) is 2.16. The third-order valence-corrected chi connectivity index (χ3v) is 3.25. The third-order valence-electron chi connectivity index (χ3n) is 3.01. The Kier molecular flexibility index (Phi) is 4.88. The van der Waals surface area contributed by atoms with Gasteiger partial charge in [0.15, 0.2) is 0 Å². The molecule has 0 heterocycles. The van der Waals surface area contributed by atoms with Gasteiger partial charge < -0.3 is 15.2 Å². The van der Waals surface area contributed by atoms with Crippen LogP contribution in [-0.4, -0.2) is 13.7 Å². The third kappa shape index (κ3) is 3.65. The summed E-state index contributed by atoms with van der Waals surface area (Å²) in [4.78, 5) is 0. The lowest BCUT2D eigenvalue weighted by molar-refractivity contribution is 0.286. The number of hydrogen-bond acceptors (Lipinski definition) is 3. The van der Waals surface area contributed by atoms with Crippen LogP contribution in [0.2, 0.25) is 5.02 Å². The van der Waals surface area contributed by atoms with Gasteiger partial charge in [0.05, 0.1) is 13.2 Å². The van der Waals surface area contributed by atoms with E-state index in [0.29, 0.717) is 17.4 Å². The van der Waals surface area contributed by atoms with Crippen molar-refractivity contribution in [1.29, 1.82) is 0 Å². The van der Waals surface area contributed by atoms with E-state index in [1.165, 1.54) is 0 Å². The molecule has 0 radical (unpaired) electrons. The minimum Gasteiger partial charge on any atom is -0.496 e. The molecule has 0 aliphatic carbocycles. The summed E-state index contributed by atoms with van der Waals surface area (Å²) in [7, 11) is 1.64. The van der Waals surface area contributed by atoms with E-state index in [1.54, 1.807) is 19.2 Å². The number of aryl methyl sites for hydroxylation is 1. The SMILES string of the molecule is COc1ccc(C)cc1C(N)COc1cccc(Cl)c1. The molecule has 0 aromatic heterocycles. The highest BCUT2D eigenvalue weighted by molar-refractivity contribution is 6.30. The van der Waals surface area contributed by atoms with Crippen LogP contribution in [0.4, 0.5) is 0 Å². The fraction of sp³-hybridized carbons (Fsp3) is 0.250. The molecule has 0 aliphatic heterocycles. The summed E-state index contributed by atoms with van der Waals surface area (Å²) < 4.78 is 11.0. The maximum Gasteiger partial charge on any atom is 0.123 e. The number of nitrogens with two attached hydrogens (primary N) is 1. The molecule has 2 aromatic rings. The highest BCUT2D eigenvalue weighted by atomic mass is 35.5. The minimum absolute atomic E-state index is 0.260. The lowest BCUT2D eigenvalue weighted by Crippen LogP contribution is -2.20. The molecular formula is C16H18ClNO2. The Morgan fingerprint density at radius 2 is 2.00 bits per heavy atom. The van der Waals surface area contributed by atoms with Gasteiger partial charge in [-0.3, -0.25) is 0 Å². The van der Waals surface area contributed by atoms with E-state index in [-0.39, 0.29) is 6.04 Å². The van der Waals surface area contributed by atoms with E-state index < -0.39 is 0 Å². The maximum absolute atomic E-state index is 6.19. The van der Waals surface area contributed by atoms with Crippen LogP contribution in [0.1, 0.15) is 17.2 Å². The second-order valence-corrected chi connectivity index (χ2v) is 5.06. The van der Waals surface area contributed by atoms with Crippen LogP contribution >= 0.6 is 11.6 Å². The molecule has 0 amide bonds. The van der Waals surface area contributed by atoms with Gasteiger partial charge in [-0.15, -0.1) is 0 Å². The summed E-state index contributed by atoms with van der Waals surface area (Å²) in [5.41, 5.74) is 8.27. The van der Waals surface area contributed by atoms with Gasteiger partial charge in [0.1, 0.15) is 18.1 Å². The Balaban J connectivity index is 2.08. The predicted molar refractivity (Wildman–Crippen MR) is 81.6 cm³/mol. The Morgan fingerprint density at radius 3 is 2.70 bits per heavy atom. The molecular weight excluding hydrogens is 274 g/mol. The largest absolute Gasteiger partial charge is 0.496 e. The first-order valence-electron chi connectivity index (χ1n) is 6.38. The molecule has 0 saturated carbocycles. The lowest BCUT2D eigenvalue weighted by atomic mass is 10.0. The smallest absolute Gasteiger partial charge is 0.123 e. The summed E-state index contributed by atoms with van der Waals surface area (Å²) >= 11 is 5.91. The van der Waals surface area contributed by atoms with E-state index in [4.69, 9.17) is 26.8 Å². The molecule has 0 spiro atoms. The van der Waals surface area contributed by atoms with Crippen molar-refractivity contribution in [2.24, 2.45) is 5.73 Å². The van der Waals surface area contributed by atoms with Crippen LogP contribution < -0.4 is 15.2 Å². The van der Waals surface area contributed by atoms with Crippen LogP contribution in [0.5, 0.6) is 11.5 Å². The standard InChI is InChI=1S/C16H18ClNO2/c1-11-6-7-16(19-2)14(8-11)15(18)10-20-13-5-3-4-12(17)9-13/h3-9,15H,10,18H2,1-2H3. The summed E-state index contributed by atoms with van der Waals surface area (Å²) in [5.74, 6) is 1.48. The van der Waals surface area contributed by atoms with Gasteiger partial charge in [-0.25, -0.2) is 0 Å². The van der Waals surface area contributed by atoms with Crippen LogP contribution in [-0.2, 0) is 0 Å². The van der Waals surface area contributed by atoms with Gasteiger partial charge in [-0.2, -0.15) is 0 Å². The normalized spacial score (nSPS) is 12.0. The lowest BCUT2D eigenvalue weighted by Gasteiger charge is -2.17. The highest BCUT2D eigenvalue weighted by Gasteiger charge is 2.13. The summed E-state index contributed by atoms with van der Waals surface area (Å²) in [6.07, 6.45) is 0. The summed E-state index contributed by atoms with van der Waals surface area (Å²) in [5, 5.41) is 0.643. The first-order chi connectivity index (χ1) is 9.60. The molecule has 2 aromatic carbocycles. The van der Waals surface area contributed by atoms with Crippen molar-refractivity contribution < 1.29 is 9.47 Å². The number of hydrogen-bond donors (Lipinski definition) is 1. The van der Waals surface area contributed by atoms with Gasteiger partial charge >= 0.3 is 0 Å². The first kappa shape index (κ1) is 14.7. The van der Waals surface area contributed by atoms with Gasteiger partial charge in [-0.1, -0.05) is 35.4 Å². The van der Waals surface area contributed by atoms with Gasteiger partial charge in [-0.05, 0) is 31.2 Å². The topological polar surface area (TPSA) is 44.5 Å². The zero-order valence-corrected chi connectivity index (χ0v) is 12.4. The van der Waals surface area contributed by atoms with Crippen LogP contribution in [0, 0.1) is 6.92 Å². The average Bonchev–Trinajstić information content (AvgIpc) is 2.45. The number of methoxy groups -OCH3 is 1. The number of ether oxygens (including phenoxy) is 2. The summed E-state index contributed by atoms with van der Waals surface area (Å²) in [6.45, 7) is 2.38. The van der Waals surface area contributed by atoms with Crippen LogP contribution in [0.15, 0.2) is 42.5 Å². The Hall–Kier alpha value is -1.71. The van der Waals surface area contributed by atoms with E-state index in [0.717, 1.165) is 16.9 Å². The maximum atomic E-state index is 6.19. The molecule has 3 nitrogen and oxygen atoms in total.